The molecule has 1 rings (SSSR count). The van der Waals surface area contributed by atoms with E-state index < -0.39 is 17.0 Å². The van der Waals surface area contributed by atoms with E-state index in [1.54, 1.807) is 0 Å². The fraction of sp³-hybridized carbons (Fsp3) is 0.571. The van der Waals surface area contributed by atoms with Gasteiger partial charge in [0.1, 0.15) is 0 Å². The predicted molar refractivity (Wildman–Crippen MR) is 37.9 cm³/mol. The summed E-state index contributed by atoms with van der Waals surface area (Å²) in [6.45, 7) is -0.433. The Morgan fingerprint density at radius 1 is 1.42 bits per heavy atom. The van der Waals surface area contributed by atoms with Gasteiger partial charge in [0.25, 0.3) is 0 Å². The molecule has 12 heavy (non-hydrogen) atoms. The van der Waals surface area contributed by atoms with Gasteiger partial charge in [-0.2, -0.15) is 4.48 Å². The lowest BCUT2D eigenvalue weighted by Crippen LogP contribution is -2.51. The summed E-state index contributed by atoms with van der Waals surface area (Å²) in [4.78, 5) is 32.6. The van der Waals surface area contributed by atoms with E-state index in [1.807, 2.05) is 0 Å². The molecule has 5 heteroatoms. The molecule has 66 valence electrons. The Hall–Kier alpha value is -1.23. The second-order valence-electron chi connectivity index (χ2n) is 3.03. The van der Waals surface area contributed by atoms with Crippen molar-refractivity contribution in [1.29, 1.82) is 0 Å². The van der Waals surface area contributed by atoms with Crippen molar-refractivity contribution in [2.45, 2.75) is 12.8 Å². The van der Waals surface area contributed by atoms with Crippen LogP contribution in [0.5, 0.6) is 0 Å². The van der Waals surface area contributed by atoms with Crippen molar-refractivity contribution in [1.82, 2.24) is 0 Å². The number of carboxylic acids is 1. The van der Waals surface area contributed by atoms with E-state index in [0.717, 1.165) is 0 Å². The quantitative estimate of drug-likeness (QED) is 0.444. The SMILES string of the molecule is C[N+]1(CC(=O)O)C(=O)CCC1=O. The Labute approximate surface area is 69.2 Å². The monoisotopic (exact) mass is 172 g/mol. The maximum atomic E-state index is 11.1. The van der Waals surface area contributed by atoms with Crippen molar-refractivity contribution >= 4 is 17.8 Å². The lowest BCUT2D eigenvalue weighted by Gasteiger charge is -2.20. The van der Waals surface area contributed by atoms with Gasteiger partial charge in [0.05, 0.1) is 19.9 Å². The number of carboxylic acid groups (broad SMARTS) is 1. The van der Waals surface area contributed by atoms with Crippen LogP contribution in [0.1, 0.15) is 12.8 Å². The number of aliphatic carboxylic acids is 1. The highest BCUT2D eigenvalue weighted by molar-refractivity contribution is 5.93. The molecule has 0 spiro atoms. The summed E-state index contributed by atoms with van der Waals surface area (Å²) in [5, 5.41) is 8.45. The average Bonchev–Trinajstić information content (AvgIpc) is 2.16. The van der Waals surface area contributed by atoms with Crippen LogP contribution in [-0.2, 0) is 14.4 Å². The number of hydrogen-bond donors (Lipinski definition) is 1. The highest BCUT2D eigenvalue weighted by Crippen LogP contribution is 2.19. The number of nitrogens with zero attached hydrogens (tertiary/aromatic N) is 1. The summed E-state index contributed by atoms with van der Waals surface area (Å²) >= 11 is 0. The summed E-state index contributed by atoms with van der Waals surface area (Å²) in [6.07, 6.45) is 0.339. The third-order valence-corrected chi connectivity index (χ3v) is 2.11. The van der Waals surface area contributed by atoms with Gasteiger partial charge in [0.2, 0.25) is 0 Å². The summed E-state index contributed by atoms with van der Waals surface area (Å²) in [7, 11) is 1.35. The number of likely N-dealkylation sites (tertiary alicyclic amines) is 1. The molecule has 0 aliphatic carbocycles. The molecule has 1 aliphatic rings. The third kappa shape index (κ3) is 1.23. The van der Waals surface area contributed by atoms with E-state index in [4.69, 9.17) is 5.11 Å². The van der Waals surface area contributed by atoms with Gasteiger partial charge in [-0.05, 0) is 0 Å². The van der Waals surface area contributed by atoms with Gasteiger partial charge in [0.15, 0.2) is 6.54 Å². The number of carbonyl (C=O) groups excluding carboxylic acids is 2. The zero-order valence-corrected chi connectivity index (χ0v) is 6.74. The first-order valence-corrected chi connectivity index (χ1v) is 3.61. The zero-order valence-electron chi connectivity index (χ0n) is 6.74. The fourth-order valence-corrected chi connectivity index (χ4v) is 1.29. The predicted octanol–water partition coefficient (Wildman–Crippen LogP) is -0.635. The maximum Gasteiger partial charge on any atom is 0.360 e. The number of amides is 2. The molecule has 1 fully saturated rings. The Bertz CT molecular complexity index is 242. The summed E-state index contributed by atoms with van der Waals surface area (Å²) in [5.41, 5.74) is 0. The van der Waals surface area contributed by atoms with Gasteiger partial charge in [-0.3, -0.25) is 0 Å². The van der Waals surface area contributed by atoms with Gasteiger partial charge in [-0.25, -0.2) is 14.4 Å². The molecule has 0 aromatic heterocycles. The van der Waals surface area contributed by atoms with E-state index in [2.05, 4.69) is 0 Å². The minimum atomic E-state index is -1.12. The molecule has 1 saturated heterocycles. The summed E-state index contributed by atoms with van der Waals surface area (Å²) in [6, 6.07) is 0. The number of hydrogen-bond acceptors (Lipinski definition) is 3. The van der Waals surface area contributed by atoms with Crippen LogP contribution in [0.2, 0.25) is 0 Å². The molecule has 0 atom stereocenters. The minimum Gasteiger partial charge on any atom is -0.477 e. The first kappa shape index (κ1) is 8.86. The van der Waals surface area contributed by atoms with Crippen molar-refractivity contribution in [3.63, 3.8) is 0 Å². The molecular formula is C7H10NO4+. The van der Waals surface area contributed by atoms with Crippen LogP contribution in [-0.4, -0.2) is 41.0 Å². The van der Waals surface area contributed by atoms with Crippen LogP contribution in [0.4, 0.5) is 0 Å². The Kier molecular flexibility index (Phi) is 1.97. The maximum absolute atomic E-state index is 11.1. The van der Waals surface area contributed by atoms with Crippen LogP contribution in [0.25, 0.3) is 0 Å². The molecule has 5 nitrogen and oxygen atoms in total. The van der Waals surface area contributed by atoms with Gasteiger partial charge < -0.3 is 5.11 Å². The van der Waals surface area contributed by atoms with Crippen LogP contribution >= 0.6 is 0 Å². The van der Waals surface area contributed by atoms with Gasteiger partial charge in [0, 0.05) is 0 Å². The molecule has 0 aromatic carbocycles. The molecule has 1 heterocycles. The lowest BCUT2D eigenvalue weighted by atomic mass is 10.4. The molecule has 0 bridgehead atoms. The molecule has 1 N–H and O–H groups in total. The first-order chi connectivity index (χ1) is 5.47. The van der Waals surface area contributed by atoms with Crippen LogP contribution in [0.15, 0.2) is 0 Å². The van der Waals surface area contributed by atoms with Crippen LogP contribution in [0.3, 0.4) is 0 Å². The Morgan fingerprint density at radius 3 is 2.17 bits per heavy atom. The Morgan fingerprint density at radius 2 is 1.83 bits per heavy atom. The highest BCUT2D eigenvalue weighted by atomic mass is 16.4. The summed E-state index contributed by atoms with van der Waals surface area (Å²) < 4.78 is -0.574. The second kappa shape index (κ2) is 2.67. The molecule has 2 amide bonds. The molecular weight excluding hydrogens is 162 g/mol. The van der Waals surface area contributed by atoms with Gasteiger partial charge in [-0.15, -0.1) is 0 Å². The number of likely N-dealkylation sites (N-methyl/N-ethyl adjacent to an activating group) is 1. The number of carbonyl (C=O) groups is 3. The number of imide groups is 1. The number of rotatable bonds is 2. The molecule has 0 radical (unpaired) electrons. The van der Waals surface area contributed by atoms with E-state index >= 15 is 0 Å². The van der Waals surface area contributed by atoms with Gasteiger partial charge in [-0.1, -0.05) is 0 Å². The summed E-state index contributed by atoms with van der Waals surface area (Å²) in [5.74, 6) is -1.73. The molecule has 1 aliphatic heterocycles. The third-order valence-electron chi connectivity index (χ3n) is 2.11. The van der Waals surface area contributed by atoms with Crippen molar-refractivity contribution in [3.8, 4) is 0 Å². The van der Waals surface area contributed by atoms with Crippen molar-refractivity contribution in [2.24, 2.45) is 0 Å². The standard InChI is InChI=1S/C7H9NO4/c1-8(4-7(11)12)5(9)2-3-6(8)10/h2-4H2,1H3/p+1. The molecule has 0 saturated carbocycles. The Balaban J connectivity index is 2.87. The van der Waals surface area contributed by atoms with Crippen molar-refractivity contribution in [3.05, 3.63) is 0 Å². The van der Waals surface area contributed by atoms with E-state index in [-0.39, 0.29) is 24.7 Å². The van der Waals surface area contributed by atoms with Crippen LogP contribution in [0, 0.1) is 0 Å². The van der Waals surface area contributed by atoms with Gasteiger partial charge >= 0.3 is 17.8 Å². The minimum absolute atomic E-state index is 0.169. The van der Waals surface area contributed by atoms with E-state index in [1.165, 1.54) is 7.05 Å². The van der Waals surface area contributed by atoms with Crippen LogP contribution < -0.4 is 0 Å². The highest BCUT2D eigenvalue weighted by Gasteiger charge is 2.47. The normalized spacial score (nSPS) is 21.4. The second-order valence-corrected chi connectivity index (χ2v) is 3.03. The fourth-order valence-electron chi connectivity index (χ4n) is 1.29. The smallest absolute Gasteiger partial charge is 0.360 e. The van der Waals surface area contributed by atoms with Crippen molar-refractivity contribution < 1.29 is 24.0 Å². The average molecular weight is 172 g/mol. The lowest BCUT2D eigenvalue weighted by molar-refractivity contribution is -0.743. The topological polar surface area (TPSA) is 71.4 Å². The molecule has 0 unspecified atom stereocenters. The number of quaternary nitrogens is 1. The first-order valence-electron chi connectivity index (χ1n) is 3.61. The van der Waals surface area contributed by atoms with Crippen molar-refractivity contribution in [2.75, 3.05) is 13.6 Å². The zero-order chi connectivity index (χ0) is 9.35. The van der Waals surface area contributed by atoms with E-state index in [0.29, 0.717) is 0 Å². The largest absolute Gasteiger partial charge is 0.477 e. The van der Waals surface area contributed by atoms with E-state index in [9.17, 15) is 14.4 Å². The molecule has 0 aromatic rings.